The third kappa shape index (κ3) is 4.85. The number of halogens is 2. The third-order valence-corrected chi connectivity index (χ3v) is 7.00. The van der Waals surface area contributed by atoms with E-state index in [1.807, 2.05) is 48.5 Å². The van der Waals surface area contributed by atoms with Crippen molar-refractivity contribution < 1.29 is 33.0 Å². The van der Waals surface area contributed by atoms with Gasteiger partial charge in [0, 0.05) is 12.5 Å². The average Bonchev–Trinajstić information content (AvgIpc) is 3.16. The van der Waals surface area contributed by atoms with E-state index in [9.17, 15) is 28.3 Å². The Morgan fingerprint density at radius 3 is 2.26 bits per heavy atom. The quantitative estimate of drug-likeness (QED) is 0.605. The zero-order valence-corrected chi connectivity index (χ0v) is 19.4. The molecule has 1 aliphatic carbocycles. The predicted octanol–water partition coefficient (Wildman–Crippen LogP) is 4.40. The molecule has 2 atom stereocenters. The summed E-state index contributed by atoms with van der Waals surface area (Å²) in [6, 6.07) is 13.7. The van der Waals surface area contributed by atoms with Crippen molar-refractivity contribution in [1.29, 1.82) is 0 Å². The molecule has 1 heterocycles. The lowest BCUT2D eigenvalue weighted by atomic mass is 9.88. The van der Waals surface area contributed by atoms with Gasteiger partial charge >= 0.3 is 12.1 Å². The van der Waals surface area contributed by atoms with Gasteiger partial charge in [0.1, 0.15) is 18.2 Å². The first kappa shape index (κ1) is 24.6. The minimum Gasteiger partial charge on any atom is -0.480 e. The van der Waals surface area contributed by atoms with E-state index in [0.717, 1.165) is 27.2 Å². The molecular formula is C26H28F2N2O5. The van der Waals surface area contributed by atoms with Gasteiger partial charge in [-0.3, -0.25) is 4.79 Å². The van der Waals surface area contributed by atoms with Crippen molar-refractivity contribution in [2.45, 2.75) is 56.5 Å². The molecule has 0 spiro atoms. The number of alkyl carbamates (subject to hydrolysis) is 1. The molecule has 2 N–H and O–H groups in total. The van der Waals surface area contributed by atoms with Crippen LogP contribution in [0.5, 0.6) is 0 Å². The fraction of sp³-hybridized carbons (Fsp3) is 0.423. The number of fused-ring (bicyclic) bond motifs is 3. The molecule has 0 radical (unpaired) electrons. The monoisotopic (exact) mass is 486 g/mol. The fourth-order valence-corrected chi connectivity index (χ4v) is 5.04. The second kappa shape index (κ2) is 10.0. The van der Waals surface area contributed by atoms with Crippen LogP contribution in [0, 0.1) is 0 Å². The van der Waals surface area contributed by atoms with Crippen LogP contribution in [0.15, 0.2) is 48.5 Å². The van der Waals surface area contributed by atoms with Crippen molar-refractivity contribution in [2.24, 2.45) is 0 Å². The summed E-state index contributed by atoms with van der Waals surface area (Å²) in [5.74, 6) is -2.15. The fourth-order valence-electron chi connectivity index (χ4n) is 5.04. The lowest BCUT2D eigenvalue weighted by Gasteiger charge is -2.42. The van der Waals surface area contributed by atoms with E-state index in [-0.39, 0.29) is 25.5 Å². The highest BCUT2D eigenvalue weighted by atomic mass is 19.3. The summed E-state index contributed by atoms with van der Waals surface area (Å²) in [6.07, 6.45) is -3.33. The van der Waals surface area contributed by atoms with Gasteiger partial charge < -0.3 is 20.1 Å². The van der Waals surface area contributed by atoms with E-state index in [1.165, 1.54) is 6.92 Å². The van der Waals surface area contributed by atoms with Crippen molar-refractivity contribution in [3.63, 3.8) is 0 Å². The van der Waals surface area contributed by atoms with Crippen molar-refractivity contribution in [3.05, 3.63) is 59.7 Å². The number of piperidine rings is 1. The molecule has 2 aliphatic rings. The predicted molar refractivity (Wildman–Crippen MR) is 124 cm³/mol. The molecule has 35 heavy (non-hydrogen) atoms. The van der Waals surface area contributed by atoms with Gasteiger partial charge in [-0.1, -0.05) is 48.5 Å². The number of rotatable bonds is 7. The van der Waals surface area contributed by atoms with Crippen LogP contribution in [0.3, 0.4) is 0 Å². The van der Waals surface area contributed by atoms with Gasteiger partial charge in [-0.15, -0.1) is 0 Å². The molecule has 2 aromatic rings. The zero-order valence-electron chi connectivity index (χ0n) is 19.4. The third-order valence-electron chi connectivity index (χ3n) is 7.00. The van der Waals surface area contributed by atoms with Crippen LogP contribution >= 0.6 is 0 Å². The first-order valence-corrected chi connectivity index (χ1v) is 11.7. The van der Waals surface area contributed by atoms with Crippen molar-refractivity contribution in [2.75, 3.05) is 13.2 Å². The Bertz CT molecular complexity index is 1080. The summed E-state index contributed by atoms with van der Waals surface area (Å²) < 4.78 is 32.8. The first-order chi connectivity index (χ1) is 16.7. The second-order valence-electron chi connectivity index (χ2n) is 9.20. The lowest BCUT2D eigenvalue weighted by molar-refractivity contribution is -0.161. The van der Waals surface area contributed by atoms with E-state index in [1.54, 1.807) is 0 Å². The Kier molecular flexibility index (Phi) is 7.05. The molecule has 1 saturated heterocycles. The number of hydrogen-bond donors (Lipinski definition) is 2. The highest BCUT2D eigenvalue weighted by Crippen LogP contribution is 2.44. The number of carboxylic acids is 1. The number of carbonyl (C=O) groups excluding carboxylic acids is 2. The number of carbonyl (C=O) groups is 3. The maximum absolute atomic E-state index is 13.7. The lowest BCUT2D eigenvalue weighted by Crippen LogP contribution is -2.58. The first-order valence-electron chi connectivity index (χ1n) is 11.7. The van der Waals surface area contributed by atoms with Crippen LogP contribution in [-0.2, 0) is 14.3 Å². The molecule has 0 bridgehead atoms. The molecule has 7 nitrogen and oxygen atoms in total. The summed E-state index contributed by atoms with van der Waals surface area (Å²) in [6.45, 7) is 1.54. The van der Waals surface area contributed by atoms with Crippen molar-refractivity contribution in [1.82, 2.24) is 10.2 Å². The summed E-state index contributed by atoms with van der Waals surface area (Å²) >= 11 is 0. The molecule has 1 aliphatic heterocycles. The number of nitrogens with zero attached hydrogens (tertiary/aromatic N) is 1. The van der Waals surface area contributed by atoms with Gasteiger partial charge in [0.05, 0.1) is 6.42 Å². The van der Waals surface area contributed by atoms with Crippen LogP contribution in [0.25, 0.3) is 11.1 Å². The topological polar surface area (TPSA) is 95.9 Å². The minimum absolute atomic E-state index is 0.0486. The summed E-state index contributed by atoms with van der Waals surface area (Å²) in [4.78, 5) is 38.1. The van der Waals surface area contributed by atoms with Gasteiger partial charge in [-0.2, -0.15) is 0 Å². The minimum atomic E-state index is -3.03. The number of amides is 2. The Balaban J connectivity index is 1.40. The van der Waals surface area contributed by atoms with Gasteiger partial charge in [-0.25, -0.2) is 18.4 Å². The number of ether oxygens (including phenoxy) is 1. The van der Waals surface area contributed by atoms with Crippen LogP contribution < -0.4 is 5.32 Å². The van der Waals surface area contributed by atoms with Gasteiger partial charge in [0.2, 0.25) is 5.91 Å². The molecule has 2 aromatic carbocycles. The average molecular weight is 487 g/mol. The number of alkyl halides is 2. The maximum Gasteiger partial charge on any atom is 0.407 e. The van der Waals surface area contributed by atoms with E-state index < -0.39 is 42.4 Å². The smallest absolute Gasteiger partial charge is 0.407 e. The van der Waals surface area contributed by atoms with Crippen LogP contribution in [0.4, 0.5) is 13.6 Å². The van der Waals surface area contributed by atoms with Gasteiger partial charge in [-0.05, 0) is 48.4 Å². The molecule has 1 fully saturated rings. The van der Waals surface area contributed by atoms with Gasteiger partial charge in [0.15, 0.2) is 0 Å². The highest BCUT2D eigenvalue weighted by Gasteiger charge is 2.44. The number of hydrogen-bond acceptors (Lipinski definition) is 4. The number of likely N-dealkylation sites (tertiary alicyclic amines) is 1. The zero-order chi connectivity index (χ0) is 25.2. The van der Waals surface area contributed by atoms with Crippen molar-refractivity contribution >= 4 is 18.0 Å². The maximum atomic E-state index is 13.7. The molecule has 2 unspecified atom stereocenters. The second-order valence-corrected chi connectivity index (χ2v) is 9.20. The molecule has 9 heteroatoms. The number of carboxylic acid groups (broad SMARTS) is 1. The SMILES string of the molecule is CC1(C(=O)O)CCCCN1C(=O)CC(NC(=O)OCC1c2ccccc2-c2ccccc21)C(F)F. The van der Waals surface area contributed by atoms with E-state index >= 15 is 0 Å². The Morgan fingerprint density at radius 1 is 1.09 bits per heavy atom. The summed E-state index contributed by atoms with van der Waals surface area (Å²) in [5, 5.41) is 11.7. The molecule has 2 amide bonds. The molecule has 0 aromatic heterocycles. The summed E-state index contributed by atoms with van der Waals surface area (Å²) in [5.41, 5.74) is 2.60. The Labute approximate surface area is 202 Å². The van der Waals surface area contributed by atoms with Gasteiger partial charge in [0.25, 0.3) is 6.43 Å². The molecule has 0 saturated carbocycles. The number of nitrogens with one attached hydrogen (secondary N) is 1. The Morgan fingerprint density at radius 2 is 1.69 bits per heavy atom. The Hall–Kier alpha value is -3.49. The van der Waals surface area contributed by atoms with E-state index in [0.29, 0.717) is 12.8 Å². The van der Waals surface area contributed by atoms with Crippen LogP contribution in [0.1, 0.15) is 49.7 Å². The molecular weight excluding hydrogens is 458 g/mol. The molecule has 186 valence electrons. The van der Waals surface area contributed by atoms with E-state index in [2.05, 4.69) is 5.32 Å². The van der Waals surface area contributed by atoms with E-state index in [4.69, 9.17) is 4.74 Å². The van der Waals surface area contributed by atoms with Crippen LogP contribution in [0.2, 0.25) is 0 Å². The largest absolute Gasteiger partial charge is 0.480 e. The number of benzene rings is 2. The summed E-state index contributed by atoms with van der Waals surface area (Å²) in [7, 11) is 0. The molecule has 4 rings (SSSR count). The van der Waals surface area contributed by atoms with Crippen LogP contribution in [-0.4, -0.2) is 59.1 Å². The highest BCUT2D eigenvalue weighted by molar-refractivity contribution is 5.87. The van der Waals surface area contributed by atoms with Crippen molar-refractivity contribution in [3.8, 4) is 11.1 Å². The normalized spacial score (nSPS) is 20.2. The number of aliphatic carboxylic acids is 1. The standard InChI is InChI=1S/C26H28F2N2O5/c1-26(24(32)33)12-6-7-13-30(26)22(31)14-21(23(27)28)29-25(34)35-15-20-18-10-4-2-8-16(18)17-9-3-5-11-19(17)20/h2-5,8-11,20-21,23H,6-7,12-15H2,1H3,(H,29,34)(H,32,33).